The molecule has 0 aliphatic carbocycles. The van der Waals surface area contributed by atoms with Crippen molar-refractivity contribution in [2.75, 3.05) is 11.9 Å². The minimum Gasteiger partial charge on any atom is -0.478 e. The van der Waals surface area contributed by atoms with Crippen LogP contribution < -0.4 is 14.4 Å². The smallest absolute Gasteiger partial charge is 0.478 e. The van der Waals surface area contributed by atoms with E-state index >= 15 is 0 Å². The number of carboxylic acids is 1. The molecule has 0 atom stereocenters. The van der Waals surface area contributed by atoms with E-state index in [9.17, 15) is 23.1 Å². The lowest BCUT2D eigenvalue weighted by atomic mass is 9.98. The fraction of sp³-hybridized carbons (Fsp3) is 0.382. The predicted octanol–water partition coefficient (Wildman–Crippen LogP) is 8.24. The normalized spacial score (nSPS) is 11.6. The Hall–Kier alpha value is -4.54. The quantitative estimate of drug-likeness (QED) is 0.141. The molecule has 0 fully saturated rings. The van der Waals surface area contributed by atoms with Crippen LogP contribution in [0.4, 0.5) is 18.9 Å². The summed E-state index contributed by atoms with van der Waals surface area (Å²) in [6, 6.07) is 15.0. The summed E-state index contributed by atoms with van der Waals surface area (Å²) >= 11 is 0. The van der Waals surface area contributed by atoms with Crippen molar-refractivity contribution in [2.24, 2.45) is 0 Å². The van der Waals surface area contributed by atoms with E-state index in [4.69, 9.17) is 4.74 Å². The van der Waals surface area contributed by atoms with Gasteiger partial charge in [-0.1, -0.05) is 57.9 Å². The second-order valence-corrected chi connectivity index (χ2v) is 11.3. The van der Waals surface area contributed by atoms with E-state index in [2.05, 4.69) is 21.7 Å². The monoisotopic (exact) mass is 624 g/mol. The van der Waals surface area contributed by atoms with Crippen molar-refractivity contribution < 1.29 is 32.5 Å². The number of carbonyl (C=O) groups is 1. The average Bonchev–Trinajstić information content (AvgIpc) is 3.40. The highest BCUT2D eigenvalue weighted by atomic mass is 19.4. The maximum atomic E-state index is 13.1. The van der Waals surface area contributed by atoms with E-state index in [0.717, 1.165) is 53.8 Å². The topological polar surface area (TPSA) is 89.7 Å². The number of alkyl halides is 3. The molecule has 4 aromatic rings. The summed E-state index contributed by atoms with van der Waals surface area (Å²) < 4.78 is 51.0. The van der Waals surface area contributed by atoms with Crippen molar-refractivity contribution in [2.45, 2.75) is 78.8 Å². The van der Waals surface area contributed by atoms with Gasteiger partial charge in [-0.15, -0.1) is 13.2 Å². The van der Waals surface area contributed by atoms with Crippen molar-refractivity contribution in [1.29, 1.82) is 0 Å². The van der Waals surface area contributed by atoms with Crippen molar-refractivity contribution in [3.63, 3.8) is 0 Å². The number of nitrogens with zero attached hydrogens (tertiary/aromatic N) is 4. The largest absolute Gasteiger partial charge is 0.573 e. The number of anilines is 1. The summed E-state index contributed by atoms with van der Waals surface area (Å²) in [5, 5.41) is 14.0. The fourth-order valence-electron chi connectivity index (χ4n) is 5.31. The average molecular weight is 625 g/mol. The van der Waals surface area contributed by atoms with Crippen LogP contribution in [-0.4, -0.2) is 39.3 Å². The molecule has 45 heavy (non-hydrogen) atoms. The molecular weight excluding hydrogens is 585 g/mol. The molecule has 2 aromatic heterocycles. The molecular formula is C34H39F3N4O4. The molecule has 4 rings (SSSR count). The molecule has 11 heteroatoms. The summed E-state index contributed by atoms with van der Waals surface area (Å²) in [7, 11) is 1.94. The van der Waals surface area contributed by atoms with E-state index in [-0.39, 0.29) is 24.0 Å². The highest BCUT2D eigenvalue weighted by Gasteiger charge is 2.33. The van der Waals surface area contributed by atoms with Gasteiger partial charge in [-0.3, -0.25) is 0 Å². The van der Waals surface area contributed by atoms with Gasteiger partial charge in [-0.05, 0) is 66.6 Å². The summed E-state index contributed by atoms with van der Waals surface area (Å²) in [4.78, 5) is 18.4. The lowest BCUT2D eigenvalue weighted by molar-refractivity contribution is -0.274. The van der Waals surface area contributed by atoms with Gasteiger partial charge < -0.3 is 19.5 Å². The zero-order chi connectivity index (χ0) is 32.7. The molecule has 0 amide bonds. The molecule has 0 spiro atoms. The Bertz CT molecular complexity index is 1620. The maximum Gasteiger partial charge on any atom is 0.573 e. The van der Waals surface area contributed by atoms with Gasteiger partial charge in [0.15, 0.2) is 5.75 Å². The van der Waals surface area contributed by atoms with Crippen molar-refractivity contribution in [3.05, 3.63) is 94.4 Å². The third-order valence-corrected chi connectivity index (χ3v) is 7.51. The van der Waals surface area contributed by atoms with Crippen LogP contribution in [0.2, 0.25) is 0 Å². The molecule has 0 aliphatic heterocycles. The van der Waals surface area contributed by atoms with Crippen LogP contribution >= 0.6 is 0 Å². The zero-order valence-electron chi connectivity index (χ0n) is 26.2. The third-order valence-electron chi connectivity index (χ3n) is 7.51. The molecule has 0 radical (unpaired) electrons. The Balaban J connectivity index is 1.52. The number of aromatic nitrogens is 3. The minimum atomic E-state index is -4.85. The lowest BCUT2D eigenvalue weighted by Gasteiger charge is -2.22. The van der Waals surface area contributed by atoms with Crippen molar-refractivity contribution >= 4 is 11.7 Å². The second-order valence-electron chi connectivity index (χ2n) is 11.3. The van der Waals surface area contributed by atoms with Crippen molar-refractivity contribution in [1.82, 2.24) is 14.8 Å². The number of halogens is 3. The first-order chi connectivity index (χ1) is 21.4. The Morgan fingerprint density at radius 2 is 1.84 bits per heavy atom. The second kappa shape index (κ2) is 14.5. The SMILES string of the molecule is CCCCCc1cc(CN(C)c2ccc(OCc3c(C(C)C)cnn3-c3ccccc3OC(F)(F)F)nc2C)ccc1C(=O)O. The molecule has 0 unspecified atom stereocenters. The number of rotatable bonds is 14. The van der Waals surface area contributed by atoms with E-state index in [1.165, 1.54) is 22.9 Å². The van der Waals surface area contributed by atoms with E-state index in [1.807, 2.05) is 50.9 Å². The molecule has 8 nitrogen and oxygen atoms in total. The standard InChI is InChI=1S/C34H39F3N4O4/c1-6-7-8-11-25-18-24(14-15-26(25)33(42)43)20-40(5)28-16-17-32(39-23(28)4)44-21-30-27(22(2)3)19-38-41(30)29-12-9-10-13-31(29)45-34(35,36)37/h9-10,12-19,22H,6-8,11,20-21H2,1-5H3,(H,42,43). The summed E-state index contributed by atoms with van der Waals surface area (Å²) in [5.41, 5.74) is 5.34. The number of hydrogen-bond acceptors (Lipinski definition) is 6. The first kappa shape index (κ1) is 33.4. The van der Waals surface area contributed by atoms with Gasteiger partial charge in [0.1, 0.15) is 12.3 Å². The predicted molar refractivity (Wildman–Crippen MR) is 166 cm³/mol. The first-order valence-corrected chi connectivity index (χ1v) is 15.0. The Kier molecular flexibility index (Phi) is 10.7. The maximum absolute atomic E-state index is 13.1. The van der Waals surface area contributed by atoms with Gasteiger partial charge in [-0.25, -0.2) is 14.5 Å². The number of benzene rings is 2. The molecule has 0 saturated heterocycles. The van der Waals surface area contributed by atoms with Crippen LogP contribution in [0, 0.1) is 6.92 Å². The molecule has 2 aromatic carbocycles. The summed E-state index contributed by atoms with van der Waals surface area (Å²) in [6.45, 7) is 8.51. The Morgan fingerprint density at radius 3 is 2.51 bits per heavy atom. The fourth-order valence-corrected chi connectivity index (χ4v) is 5.31. The van der Waals surface area contributed by atoms with Gasteiger partial charge in [0.25, 0.3) is 0 Å². The van der Waals surface area contributed by atoms with Gasteiger partial charge in [0, 0.05) is 19.7 Å². The van der Waals surface area contributed by atoms with Gasteiger partial charge >= 0.3 is 12.3 Å². The molecule has 0 saturated carbocycles. The zero-order valence-corrected chi connectivity index (χ0v) is 26.2. The van der Waals surface area contributed by atoms with Gasteiger partial charge in [-0.2, -0.15) is 5.10 Å². The number of ether oxygens (including phenoxy) is 2. The minimum absolute atomic E-state index is 0.0201. The number of para-hydroxylation sites is 2. The van der Waals surface area contributed by atoms with Crippen LogP contribution in [-0.2, 0) is 19.6 Å². The highest BCUT2D eigenvalue weighted by Crippen LogP contribution is 2.32. The third kappa shape index (κ3) is 8.55. The van der Waals surface area contributed by atoms with Crippen LogP contribution in [0.15, 0.2) is 60.8 Å². The van der Waals surface area contributed by atoms with Gasteiger partial charge in [0.05, 0.1) is 28.8 Å². The Morgan fingerprint density at radius 1 is 1.09 bits per heavy atom. The number of aromatic carboxylic acids is 1. The Labute approximate surface area is 261 Å². The van der Waals surface area contributed by atoms with Crippen LogP contribution in [0.1, 0.15) is 84.4 Å². The first-order valence-electron chi connectivity index (χ1n) is 15.0. The van der Waals surface area contributed by atoms with Crippen LogP contribution in [0.3, 0.4) is 0 Å². The molecule has 240 valence electrons. The summed E-state index contributed by atoms with van der Waals surface area (Å²) in [5.74, 6) is -0.886. The van der Waals surface area contributed by atoms with Crippen LogP contribution in [0.5, 0.6) is 11.6 Å². The molecule has 1 N–H and O–H groups in total. The van der Waals surface area contributed by atoms with E-state index < -0.39 is 12.3 Å². The number of hydrogen-bond donors (Lipinski definition) is 1. The molecule has 0 aliphatic rings. The number of aryl methyl sites for hydroxylation is 2. The summed E-state index contributed by atoms with van der Waals surface area (Å²) in [6.07, 6.45) is 0.540. The van der Waals surface area contributed by atoms with Crippen molar-refractivity contribution in [3.8, 4) is 17.3 Å². The lowest BCUT2D eigenvalue weighted by Crippen LogP contribution is -2.19. The number of carboxylic acid groups (broad SMARTS) is 1. The van der Waals surface area contributed by atoms with Crippen LogP contribution in [0.25, 0.3) is 5.69 Å². The van der Waals surface area contributed by atoms with E-state index in [1.54, 1.807) is 24.4 Å². The molecule has 0 bridgehead atoms. The van der Waals surface area contributed by atoms with E-state index in [0.29, 0.717) is 23.7 Å². The number of unbranched alkanes of at least 4 members (excludes halogenated alkanes) is 2. The highest BCUT2D eigenvalue weighted by molar-refractivity contribution is 5.89. The number of pyridine rings is 1. The van der Waals surface area contributed by atoms with Gasteiger partial charge in [0.2, 0.25) is 5.88 Å². The molecule has 2 heterocycles.